The van der Waals surface area contributed by atoms with E-state index in [0.29, 0.717) is 37.6 Å². The molecule has 0 bridgehead atoms. The highest BCUT2D eigenvalue weighted by molar-refractivity contribution is 5.24. The average Bonchev–Trinajstić information content (AvgIpc) is 3.09. The Morgan fingerprint density at radius 1 is 0.422 bits per heavy atom. The monoisotopic (exact) mass is 614 g/mol. The lowest BCUT2D eigenvalue weighted by Gasteiger charge is -2.24. The van der Waals surface area contributed by atoms with Crippen LogP contribution in [-0.2, 0) is 4.74 Å². The zero-order chi connectivity index (χ0) is 31.4. The molecule has 0 saturated heterocycles. The van der Waals surface area contributed by atoms with Crippen molar-refractivity contribution < 1.29 is 33.9 Å². The van der Waals surface area contributed by atoms with Crippen LogP contribution in [0.2, 0.25) is 0 Å². The zero-order valence-electron chi connectivity index (χ0n) is 25.9. The van der Waals surface area contributed by atoms with Crippen LogP contribution in [0.5, 0.6) is 23.0 Å². The molecule has 4 rings (SSSR count). The van der Waals surface area contributed by atoms with E-state index < -0.39 is 24.4 Å². The zero-order valence-corrected chi connectivity index (χ0v) is 25.9. The number of unbranched alkanes of at least 4 members (excludes halogenated alkanes) is 2. The number of para-hydroxylation sites is 4. The summed E-state index contributed by atoms with van der Waals surface area (Å²) in [5, 5.41) is 21.9. The van der Waals surface area contributed by atoms with Gasteiger partial charge in [0, 0.05) is 13.2 Å². The minimum absolute atomic E-state index is 0.248. The van der Waals surface area contributed by atoms with Gasteiger partial charge in [-0.1, -0.05) is 72.8 Å². The fourth-order valence-electron chi connectivity index (χ4n) is 4.77. The maximum Gasteiger partial charge on any atom is 0.158 e. The molecule has 0 aliphatic heterocycles. The van der Waals surface area contributed by atoms with Crippen LogP contribution in [0.1, 0.15) is 38.5 Å². The maximum absolute atomic E-state index is 10.9. The summed E-state index contributed by atoms with van der Waals surface area (Å²) >= 11 is 0. The first-order chi connectivity index (χ1) is 22.2. The summed E-state index contributed by atoms with van der Waals surface area (Å²) in [6, 6.07) is 38.1. The summed E-state index contributed by atoms with van der Waals surface area (Å²) in [5.41, 5.74) is 0. The topological polar surface area (TPSA) is 86.6 Å². The van der Waals surface area contributed by atoms with E-state index in [2.05, 4.69) is 0 Å². The first-order valence-electron chi connectivity index (χ1n) is 15.9. The summed E-state index contributed by atoms with van der Waals surface area (Å²) in [4.78, 5) is 0. The average molecular weight is 615 g/mol. The van der Waals surface area contributed by atoms with Crippen LogP contribution in [0.25, 0.3) is 0 Å². The molecule has 4 unspecified atom stereocenters. The molecule has 0 spiro atoms. The summed E-state index contributed by atoms with van der Waals surface area (Å²) in [5.74, 6) is 2.89. The molecule has 4 aromatic carbocycles. The van der Waals surface area contributed by atoms with Crippen molar-refractivity contribution in [2.24, 2.45) is 0 Å². The van der Waals surface area contributed by atoms with Gasteiger partial charge in [0.05, 0.1) is 12.2 Å². The normalized spacial score (nSPS) is 13.7. The fourth-order valence-corrected chi connectivity index (χ4v) is 4.77. The van der Waals surface area contributed by atoms with Crippen molar-refractivity contribution in [1.82, 2.24) is 0 Å². The molecular weight excluding hydrogens is 568 g/mol. The van der Waals surface area contributed by atoms with Crippen molar-refractivity contribution in [3.8, 4) is 23.0 Å². The molecule has 0 radical (unpaired) electrons. The van der Waals surface area contributed by atoms with E-state index in [1.54, 1.807) is 0 Å². The second kappa shape index (κ2) is 20.1. The lowest BCUT2D eigenvalue weighted by Crippen LogP contribution is -2.37. The van der Waals surface area contributed by atoms with E-state index in [1.807, 2.05) is 121 Å². The maximum atomic E-state index is 10.9. The number of aliphatic hydroxyl groups is 2. The van der Waals surface area contributed by atoms with Gasteiger partial charge in [0.1, 0.15) is 36.2 Å². The fraction of sp³-hybridized carbons (Fsp3) is 0.368. The van der Waals surface area contributed by atoms with Gasteiger partial charge < -0.3 is 33.9 Å². The molecular formula is C38H46O7. The lowest BCUT2D eigenvalue weighted by molar-refractivity contribution is 0.000471. The van der Waals surface area contributed by atoms with Gasteiger partial charge in [0.15, 0.2) is 12.2 Å². The van der Waals surface area contributed by atoms with Crippen molar-refractivity contribution in [2.75, 3.05) is 26.4 Å². The predicted octanol–water partition coefficient (Wildman–Crippen LogP) is 7.12. The molecule has 0 aliphatic rings. The highest BCUT2D eigenvalue weighted by atomic mass is 16.5. The largest absolute Gasteiger partial charge is 0.490 e. The summed E-state index contributed by atoms with van der Waals surface area (Å²) < 4.78 is 29.8. The third-order valence-electron chi connectivity index (χ3n) is 7.31. The van der Waals surface area contributed by atoms with E-state index in [9.17, 15) is 10.2 Å². The van der Waals surface area contributed by atoms with Crippen LogP contribution in [0.15, 0.2) is 121 Å². The number of aliphatic hydroxyl groups excluding tert-OH is 2. The van der Waals surface area contributed by atoms with Crippen LogP contribution < -0.4 is 18.9 Å². The molecule has 0 heterocycles. The Balaban J connectivity index is 1.11. The Hall–Kier alpha value is -4.04. The van der Waals surface area contributed by atoms with Crippen LogP contribution in [0.4, 0.5) is 0 Å². The van der Waals surface area contributed by atoms with Crippen molar-refractivity contribution >= 4 is 0 Å². The van der Waals surface area contributed by atoms with Crippen LogP contribution in [-0.4, -0.2) is 61.1 Å². The van der Waals surface area contributed by atoms with Crippen LogP contribution >= 0.6 is 0 Å². The van der Waals surface area contributed by atoms with E-state index in [0.717, 1.165) is 37.2 Å². The molecule has 0 fully saturated rings. The molecule has 2 N–H and O–H groups in total. The summed E-state index contributed by atoms with van der Waals surface area (Å²) in [6.45, 7) is 1.73. The molecule has 240 valence electrons. The molecule has 4 aromatic rings. The number of benzene rings is 4. The van der Waals surface area contributed by atoms with Crippen LogP contribution in [0.3, 0.4) is 0 Å². The van der Waals surface area contributed by atoms with Gasteiger partial charge in [-0.2, -0.15) is 0 Å². The molecule has 45 heavy (non-hydrogen) atoms. The molecule has 0 aromatic heterocycles. The highest BCUT2D eigenvalue weighted by Crippen LogP contribution is 2.19. The molecule has 0 aliphatic carbocycles. The molecule has 0 saturated carbocycles. The second-order valence-corrected chi connectivity index (χ2v) is 10.9. The summed E-state index contributed by atoms with van der Waals surface area (Å²) in [7, 11) is 0. The Labute approximate surface area is 267 Å². The van der Waals surface area contributed by atoms with Crippen molar-refractivity contribution in [3.05, 3.63) is 121 Å². The van der Waals surface area contributed by atoms with Gasteiger partial charge in [-0.3, -0.25) is 0 Å². The first-order valence-corrected chi connectivity index (χ1v) is 15.9. The van der Waals surface area contributed by atoms with E-state index >= 15 is 0 Å². The number of hydrogen-bond acceptors (Lipinski definition) is 7. The third-order valence-corrected chi connectivity index (χ3v) is 7.31. The van der Waals surface area contributed by atoms with E-state index in [-0.39, 0.29) is 13.2 Å². The predicted molar refractivity (Wildman–Crippen MR) is 176 cm³/mol. The third kappa shape index (κ3) is 13.2. The van der Waals surface area contributed by atoms with Gasteiger partial charge in [-0.15, -0.1) is 0 Å². The first kappa shape index (κ1) is 33.8. The minimum atomic E-state index is -0.674. The molecule has 0 amide bonds. The molecule has 7 heteroatoms. The lowest BCUT2D eigenvalue weighted by atomic mass is 10.1. The Kier molecular flexibility index (Phi) is 15.1. The van der Waals surface area contributed by atoms with E-state index in [4.69, 9.17) is 23.7 Å². The summed E-state index contributed by atoms with van der Waals surface area (Å²) in [6.07, 6.45) is 2.11. The Bertz CT molecular complexity index is 1170. The quantitative estimate of drug-likeness (QED) is 0.0912. The van der Waals surface area contributed by atoms with Crippen LogP contribution in [0, 0.1) is 0 Å². The van der Waals surface area contributed by atoms with Gasteiger partial charge in [-0.25, -0.2) is 0 Å². The van der Waals surface area contributed by atoms with Gasteiger partial charge in [0.2, 0.25) is 0 Å². The Morgan fingerprint density at radius 3 is 1.11 bits per heavy atom. The number of hydrogen-bond donors (Lipinski definition) is 2. The van der Waals surface area contributed by atoms with Gasteiger partial charge in [0.25, 0.3) is 0 Å². The highest BCUT2D eigenvalue weighted by Gasteiger charge is 2.23. The van der Waals surface area contributed by atoms with Crippen molar-refractivity contribution in [2.45, 2.75) is 62.9 Å². The van der Waals surface area contributed by atoms with Crippen molar-refractivity contribution in [1.29, 1.82) is 0 Å². The number of ether oxygens (including phenoxy) is 5. The smallest absolute Gasteiger partial charge is 0.158 e. The SMILES string of the molecule is OC(CCCCOCCCCC(O)C(COc1ccccc1)Oc1ccccc1)C(COc1ccccc1)Oc1ccccc1. The Morgan fingerprint density at radius 2 is 0.756 bits per heavy atom. The number of rotatable bonds is 22. The second-order valence-electron chi connectivity index (χ2n) is 10.9. The van der Waals surface area contributed by atoms with Gasteiger partial charge in [-0.05, 0) is 87.1 Å². The van der Waals surface area contributed by atoms with E-state index in [1.165, 1.54) is 0 Å². The van der Waals surface area contributed by atoms with Crippen molar-refractivity contribution in [3.63, 3.8) is 0 Å². The minimum Gasteiger partial charge on any atom is -0.490 e. The molecule has 4 atom stereocenters. The molecule has 7 nitrogen and oxygen atoms in total. The standard InChI is InChI=1S/C38H46O7/c39-35(37(44-33-21-9-3-10-22-33)29-42-31-17-5-1-6-18-31)25-13-15-27-41-28-16-14-26-36(40)38(45-34-23-11-4-12-24-34)30-43-32-19-7-2-8-20-32/h1-12,17-24,35-40H,13-16,25-30H2. The van der Waals surface area contributed by atoms with Gasteiger partial charge >= 0.3 is 0 Å².